The van der Waals surface area contributed by atoms with Gasteiger partial charge in [0.25, 0.3) is 23.9 Å². The molecular formula is C8H12BNaO8. The van der Waals surface area contributed by atoms with Crippen LogP contribution in [0.5, 0.6) is 0 Å². The number of carbonyl (C=O) groups excluding carboxylic acids is 4. The molecule has 0 atom stereocenters. The van der Waals surface area contributed by atoms with E-state index in [0.717, 1.165) is 27.7 Å². The van der Waals surface area contributed by atoms with Gasteiger partial charge in [0.2, 0.25) is 0 Å². The third-order valence-corrected chi connectivity index (χ3v) is 1.24. The smallest absolute Gasteiger partial charge is 0.585 e. The van der Waals surface area contributed by atoms with Crippen molar-refractivity contribution in [1.29, 1.82) is 0 Å². The number of hydrogen-bond acceptors (Lipinski definition) is 8. The molecule has 0 fully saturated rings. The number of rotatable bonds is 4. The van der Waals surface area contributed by atoms with Crippen LogP contribution in [0.25, 0.3) is 0 Å². The van der Waals surface area contributed by atoms with Crippen LogP contribution >= 0.6 is 0 Å². The van der Waals surface area contributed by atoms with E-state index in [2.05, 4.69) is 18.6 Å². The molecule has 0 radical (unpaired) electrons. The standard InChI is InChI=1S/C8H12BO8.Na/c1-5(10)14-9(15-6(2)11,16-7(3)12)17-8(4)13;/h1-4H3;/q-1;+1. The molecule has 10 heteroatoms. The van der Waals surface area contributed by atoms with Crippen molar-refractivity contribution in [3.63, 3.8) is 0 Å². The molecule has 0 amide bonds. The fourth-order valence-corrected chi connectivity index (χ4v) is 0.957. The molecular weight excluding hydrogens is 258 g/mol. The predicted molar refractivity (Wildman–Crippen MR) is 52.8 cm³/mol. The fraction of sp³-hybridized carbons (Fsp3) is 0.500. The molecule has 0 aliphatic rings. The molecule has 0 bridgehead atoms. The average molecular weight is 270 g/mol. The zero-order valence-corrected chi connectivity index (χ0v) is 12.8. The quantitative estimate of drug-likeness (QED) is 0.488. The maximum Gasteiger partial charge on any atom is 1.00 e. The fourth-order valence-electron chi connectivity index (χ4n) is 0.957. The molecule has 0 aliphatic heterocycles. The van der Waals surface area contributed by atoms with E-state index in [1.807, 2.05) is 0 Å². The van der Waals surface area contributed by atoms with Gasteiger partial charge >= 0.3 is 36.5 Å². The summed E-state index contributed by atoms with van der Waals surface area (Å²) in [6.45, 7) is 0.315. The minimum Gasteiger partial charge on any atom is -0.585 e. The first-order valence-corrected chi connectivity index (χ1v) is 4.58. The molecule has 0 saturated carbocycles. The second-order valence-electron chi connectivity index (χ2n) is 3.02. The largest absolute Gasteiger partial charge is 1.00 e. The molecule has 0 heterocycles. The third kappa shape index (κ3) is 8.10. The van der Waals surface area contributed by atoms with E-state index in [9.17, 15) is 19.2 Å². The molecule has 0 unspecified atom stereocenters. The van der Waals surface area contributed by atoms with Gasteiger partial charge in [-0.15, -0.1) is 0 Å². The Hall–Kier alpha value is -1.06. The topological polar surface area (TPSA) is 105 Å². The summed E-state index contributed by atoms with van der Waals surface area (Å²) in [5.41, 5.74) is 0. The number of carbonyl (C=O) groups is 4. The van der Waals surface area contributed by atoms with Gasteiger partial charge in [-0.05, 0) is 0 Å². The Labute approximate surface area is 126 Å². The van der Waals surface area contributed by atoms with E-state index in [1.165, 1.54) is 0 Å². The first-order valence-electron chi connectivity index (χ1n) is 4.58. The normalized spacial score (nSPS) is 9.56. The van der Waals surface area contributed by atoms with Gasteiger partial charge in [-0.2, -0.15) is 0 Å². The van der Waals surface area contributed by atoms with Gasteiger partial charge in [0.05, 0.1) is 0 Å². The molecule has 0 aromatic heterocycles. The zero-order chi connectivity index (χ0) is 13.6. The van der Waals surface area contributed by atoms with Crippen LogP contribution in [0.2, 0.25) is 0 Å². The van der Waals surface area contributed by atoms with E-state index < -0.39 is 30.8 Å². The molecule has 96 valence electrons. The Kier molecular flexibility index (Phi) is 8.70. The van der Waals surface area contributed by atoms with Crippen molar-refractivity contribution < 1.29 is 67.4 Å². The van der Waals surface area contributed by atoms with Crippen molar-refractivity contribution in [1.82, 2.24) is 0 Å². The Bertz CT molecular complexity index is 285. The molecule has 0 aliphatic carbocycles. The van der Waals surface area contributed by atoms with Crippen LogP contribution in [-0.4, -0.2) is 30.8 Å². The maximum absolute atomic E-state index is 10.8. The molecule has 0 spiro atoms. The van der Waals surface area contributed by atoms with Crippen LogP contribution < -0.4 is 29.6 Å². The Morgan fingerprint density at radius 2 is 0.778 bits per heavy atom. The molecule has 8 nitrogen and oxygen atoms in total. The summed E-state index contributed by atoms with van der Waals surface area (Å²) < 4.78 is 17.9. The average Bonchev–Trinajstić information content (AvgIpc) is 1.95. The van der Waals surface area contributed by atoms with E-state index in [-0.39, 0.29) is 29.6 Å². The molecule has 0 aromatic carbocycles. The van der Waals surface area contributed by atoms with E-state index in [4.69, 9.17) is 0 Å². The summed E-state index contributed by atoms with van der Waals surface area (Å²) in [5.74, 6) is -3.80. The van der Waals surface area contributed by atoms with E-state index in [0.29, 0.717) is 0 Å². The van der Waals surface area contributed by atoms with Crippen LogP contribution in [0.3, 0.4) is 0 Å². The third-order valence-electron chi connectivity index (χ3n) is 1.24. The van der Waals surface area contributed by atoms with E-state index >= 15 is 0 Å². The van der Waals surface area contributed by atoms with Gasteiger partial charge in [0, 0.05) is 27.7 Å². The van der Waals surface area contributed by atoms with Crippen molar-refractivity contribution in [2.24, 2.45) is 0 Å². The van der Waals surface area contributed by atoms with Crippen molar-refractivity contribution in [2.45, 2.75) is 27.7 Å². The van der Waals surface area contributed by atoms with Crippen LogP contribution in [0.15, 0.2) is 0 Å². The van der Waals surface area contributed by atoms with Gasteiger partial charge in [-0.3, -0.25) is 19.2 Å². The van der Waals surface area contributed by atoms with Crippen LogP contribution in [0, 0.1) is 0 Å². The van der Waals surface area contributed by atoms with Crippen molar-refractivity contribution in [3.8, 4) is 0 Å². The van der Waals surface area contributed by atoms with Crippen molar-refractivity contribution in [3.05, 3.63) is 0 Å². The summed E-state index contributed by atoms with van der Waals surface area (Å²) in [7, 11) is 0. The molecule has 0 N–H and O–H groups in total. The van der Waals surface area contributed by atoms with Crippen molar-refractivity contribution >= 4 is 30.8 Å². The maximum atomic E-state index is 10.8. The molecule has 0 rings (SSSR count). The first kappa shape index (κ1) is 19.3. The van der Waals surface area contributed by atoms with Crippen molar-refractivity contribution in [2.75, 3.05) is 0 Å². The summed E-state index contributed by atoms with van der Waals surface area (Å²) in [5, 5.41) is 0. The summed E-state index contributed by atoms with van der Waals surface area (Å²) in [4.78, 5) is 43.3. The Morgan fingerprint density at radius 1 is 0.611 bits per heavy atom. The predicted octanol–water partition coefficient (Wildman–Crippen LogP) is -3.32. The molecule has 0 saturated heterocycles. The number of hydrogen-bond donors (Lipinski definition) is 0. The zero-order valence-electron chi connectivity index (χ0n) is 10.8. The second-order valence-corrected chi connectivity index (χ2v) is 3.02. The minimum atomic E-state index is -3.55. The van der Waals surface area contributed by atoms with Gasteiger partial charge in [0.1, 0.15) is 0 Å². The Morgan fingerprint density at radius 3 is 0.889 bits per heavy atom. The summed E-state index contributed by atoms with van der Waals surface area (Å²) in [6.07, 6.45) is 0. The second kappa shape index (κ2) is 8.12. The Balaban J connectivity index is 0. The first-order chi connectivity index (χ1) is 7.67. The SMILES string of the molecule is CC(=O)O[B-](OC(C)=O)(OC(C)=O)OC(C)=O.[Na+]. The van der Waals surface area contributed by atoms with Gasteiger partial charge in [-0.25, -0.2) is 0 Å². The summed E-state index contributed by atoms with van der Waals surface area (Å²) in [6, 6.07) is 0. The van der Waals surface area contributed by atoms with Gasteiger partial charge in [-0.1, -0.05) is 0 Å². The van der Waals surface area contributed by atoms with Crippen LogP contribution in [-0.2, 0) is 37.8 Å². The van der Waals surface area contributed by atoms with Crippen LogP contribution in [0.4, 0.5) is 0 Å². The van der Waals surface area contributed by atoms with Gasteiger partial charge < -0.3 is 18.6 Å². The molecule has 18 heavy (non-hydrogen) atoms. The monoisotopic (exact) mass is 270 g/mol. The van der Waals surface area contributed by atoms with Crippen LogP contribution in [0.1, 0.15) is 27.7 Å². The minimum absolute atomic E-state index is 0. The van der Waals surface area contributed by atoms with E-state index in [1.54, 1.807) is 0 Å². The molecule has 0 aromatic rings. The summed E-state index contributed by atoms with van der Waals surface area (Å²) >= 11 is 0. The van der Waals surface area contributed by atoms with Gasteiger partial charge in [0.15, 0.2) is 0 Å².